The van der Waals surface area contributed by atoms with Crippen LogP contribution in [0.3, 0.4) is 0 Å². The Morgan fingerprint density at radius 2 is 1.23 bits per heavy atom. The Bertz CT molecular complexity index is 2020. The number of nitrogens with zero attached hydrogens (tertiary/aromatic N) is 2. The third-order valence-electron chi connectivity index (χ3n) is 9.10. The highest BCUT2D eigenvalue weighted by Crippen LogP contribution is 2.40. The normalized spacial score (nSPS) is 11.1. The van der Waals surface area contributed by atoms with Crippen molar-refractivity contribution >= 4 is 11.6 Å². The minimum Gasteiger partial charge on any atom is -0.322 e. The van der Waals surface area contributed by atoms with E-state index in [-0.39, 0.29) is 12.5 Å². The molecule has 0 unspecified atom stereocenters. The number of nitrogens with two attached hydrogens (primary N) is 1. The molecule has 48 heavy (non-hydrogen) atoms. The van der Waals surface area contributed by atoms with Crippen molar-refractivity contribution in [1.29, 1.82) is 0 Å². The third-order valence-corrected chi connectivity index (χ3v) is 9.10. The summed E-state index contributed by atoms with van der Waals surface area (Å²) in [4.78, 5) is 19.5. The predicted molar refractivity (Wildman–Crippen MR) is 201 cm³/mol. The third kappa shape index (κ3) is 6.71. The number of carbonyl (C=O) groups excluding carboxylic acids is 1. The quantitative estimate of drug-likeness (QED) is 0.182. The standard InChI is InChI=1S/C44H43N3O/c1-28-19-29(2)22-34(21-28)37-12-10-13-38(35-23-30(3)20-31(4)24-35)40(37)26-36-25-33(16-17-42(36)47(6)43(48)27-45)39-14-9-11-32(5)44(39)41-15-7-8-18-46-41/h7-25H,26-27,45H2,1-6H3. The van der Waals surface area contributed by atoms with Gasteiger partial charge in [0.25, 0.3) is 0 Å². The maximum atomic E-state index is 13.1. The van der Waals surface area contributed by atoms with Crippen molar-refractivity contribution < 1.29 is 4.79 Å². The number of benzene rings is 5. The molecule has 5 aromatic carbocycles. The second-order valence-electron chi connectivity index (χ2n) is 13.0. The van der Waals surface area contributed by atoms with Crippen LogP contribution in [-0.4, -0.2) is 24.5 Å². The largest absolute Gasteiger partial charge is 0.322 e. The van der Waals surface area contributed by atoms with Gasteiger partial charge in [0.1, 0.15) is 0 Å². The number of likely N-dealkylation sites (N-methyl/N-ethyl adjacent to an activating group) is 1. The van der Waals surface area contributed by atoms with E-state index in [0.717, 1.165) is 39.2 Å². The molecule has 1 amide bonds. The van der Waals surface area contributed by atoms with Crippen LogP contribution in [0.4, 0.5) is 5.69 Å². The summed E-state index contributed by atoms with van der Waals surface area (Å²) in [6.07, 6.45) is 2.45. The van der Waals surface area contributed by atoms with Gasteiger partial charge in [0.15, 0.2) is 0 Å². The van der Waals surface area contributed by atoms with E-state index in [1.807, 2.05) is 25.4 Å². The van der Waals surface area contributed by atoms with Gasteiger partial charge in [0, 0.05) is 30.9 Å². The molecular formula is C44H43N3O. The zero-order valence-electron chi connectivity index (χ0n) is 28.8. The molecule has 0 saturated heterocycles. The zero-order valence-corrected chi connectivity index (χ0v) is 28.8. The molecule has 0 aliphatic carbocycles. The van der Waals surface area contributed by atoms with Crippen LogP contribution in [0.2, 0.25) is 0 Å². The lowest BCUT2D eigenvalue weighted by molar-refractivity contribution is -0.117. The number of amides is 1. The van der Waals surface area contributed by atoms with Crippen molar-refractivity contribution in [2.24, 2.45) is 5.73 Å². The molecule has 0 saturated carbocycles. The van der Waals surface area contributed by atoms with E-state index in [0.29, 0.717) is 6.42 Å². The van der Waals surface area contributed by atoms with Gasteiger partial charge in [-0.3, -0.25) is 9.78 Å². The van der Waals surface area contributed by atoms with Gasteiger partial charge in [-0.1, -0.05) is 107 Å². The van der Waals surface area contributed by atoms with Crippen LogP contribution < -0.4 is 10.6 Å². The fourth-order valence-electron chi connectivity index (χ4n) is 7.02. The number of pyridine rings is 1. The molecule has 240 valence electrons. The van der Waals surface area contributed by atoms with E-state index < -0.39 is 0 Å². The van der Waals surface area contributed by atoms with Crippen LogP contribution in [0.15, 0.2) is 115 Å². The number of aromatic nitrogens is 1. The van der Waals surface area contributed by atoms with Crippen LogP contribution in [0.5, 0.6) is 0 Å². The highest BCUT2D eigenvalue weighted by Gasteiger charge is 2.21. The van der Waals surface area contributed by atoms with Crippen molar-refractivity contribution in [2.75, 3.05) is 18.5 Å². The summed E-state index contributed by atoms with van der Waals surface area (Å²) < 4.78 is 0. The molecule has 2 N–H and O–H groups in total. The Morgan fingerprint density at radius 1 is 0.646 bits per heavy atom. The summed E-state index contributed by atoms with van der Waals surface area (Å²) in [6, 6.07) is 39.0. The first-order valence-corrected chi connectivity index (χ1v) is 16.5. The van der Waals surface area contributed by atoms with Crippen LogP contribution in [-0.2, 0) is 11.2 Å². The van der Waals surface area contributed by atoms with Gasteiger partial charge in [-0.05, 0) is 109 Å². The smallest absolute Gasteiger partial charge is 0.240 e. The van der Waals surface area contributed by atoms with E-state index in [2.05, 4.69) is 132 Å². The first-order valence-electron chi connectivity index (χ1n) is 16.5. The Balaban J connectivity index is 1.61. The molecule has 0 radical (unpaired) electrons. The number of rotatable bonds is 8. The Kier molecular flexibility index (Phi) is 9.38. The number of aryl methyl sites for hydroxylation is 5. The number of carbonyl (C=O) groups is 1. The Morgan fingerprint density at radius 3 is 1.79 bits per heavy atom. The van der Waals surface area contributed by atoms with Crippen LogP contribution in [0.1, 0.15) is 38.9 Å². The summed E-state index contributed by atoms with van der Waals surface area (Å²) in [5.74, 6) is -0.133. The Labute approximate surface area is 284 Å². The lowest BCUT2D eigenvalue weighted by atomic mass is 9.85. The van der Waals surface area contributed by atoms with Crippen molar-refractivity contribution in [1.82, 2.24) is 4.98 Å². The highest BCUT2D eigenvalue weighted by molar-refractivity contribution is 5.96. The molecule has 1 heterocycles. The SMILES string of the molecule is Cc1cc(C)cc(-c2cccc(-c3cc(C)cc(C)c3)c2Cc2cc(-c3cccc(C)c3-c3ccccn3)ccc2N(C)C(=O)CN)c1. The summed E-state index contributed by atoms with van der Waals surface area (Å²) in [5.41, 5.74) is 24.0. The van der Waals surface area contributed by atoms with Gasteiger partial charge in [0.05, 0.1) is 12.2 Å². The van der Waals surface area contributed by atoms with Crippen LogP contribution in [0, 0.1) is 34.6 Å². The summed E-state index contributed by atoms with van der Waals surface area (Å²) in [5, 5.41) is 0. The zero-order chi connectivity index (χ0) is 33.9. The topological polar surface area (TPSA) is 59.2 Å². The molecule has 1 aromatic heterocycles. The van der Waals surface area contributed by atoms with Crippen molar-refractivity contribution in [3.05, 3.63) is 154 Å². The monoisotopic (exact) mass is 629 g/mol. The van der Waals surface area contributed by atoms with E-state index >= 15 is 0 Å². The number of hydrogen-bond acceptors (Lipinski definition) is 3. The van der Waals surface area contributed by atoms with Crippen LogP contribution in [0.25, 0.3) is 44.6 Å². The highest BCUT2D eigenvalue weighted by atomic mass is 16.2. The summed E-state index contributed by atoms with van der Waals surface area (Å²) >= 11 is 0. The molecule has 0 fully saturated rings. The fraction of sp³-hybridized carbons (Fsp3) is 0.182. The lowest BCUT2D eigenvalue weighted by Gasteiger charge is -2.24. The molecular weight excluding hydrogens is 587 g/mol. The average Bonchev–Trinajstić information content (AvgIpc) is 3.07. The molecule has 4 heteroatoms. The van der Waals surface area contributed by atoms with Gasteiger partial charge in [0.2, 0.25) is 5.91 Å². The molecule has 0 aliphatic rings. The minimum absolute atomic E-state index is 0.0631. The van der Waals surface area contributed by atoms with E-state index in [4.69, 9.17) is 10.7 Å². The lowest BCUT2D eigenvalue weighted by Crippen LogP contribution is -2.33. The van der Waals surface area contributed by atoms with Crippen LogP contribution >= 0.6 is 0 Å². The molecule has 0 spiro atoms. The molecule has 0 aliphatic heterocycles. The Hall–Kier alpha value is -5.32. The van der Waals surface area contributed by atoms with Gasteiger partial charge >= 0.3 is 0 Å². The summed E-state index contributed by atoms with van der Waals surface area (Å²) in [6.45, 7) is 10.7. The molecule has 6 rings (SSSR count). The maximum absolute atomic E-state index is 13.1. The second-order valence-corrected chi connectivity index (χ2v) is 13.0. The first kappa shape index (κ1) is 32.6. The molecule has 6 aromatic rings. The van der Waals surface area contributed by atoms with Gasteiger partial charge in [-0.25, -0.2) is 0 Å². The van der Waals surface area contributed by atoms with Crippen molar-refractivity contribution in [2.45, 2.75) is 41.0 Å². The van der Waals surface area contributed by atoms with Crippen molar-refractivity contribution in [3.63, 3.8) is 0 Å². The minimum atomic E-state index is -0.133. The van der Waals surface area contributed by atoms with Gasteiger partial charge < -0.3 is 10.6 Å². The fourth-order valence-corrected chi connectivity index (χ4v) is 7.02. The molecule has 4 nitrogen and oxygen atoms in total. The maximum Gasteiger partial charge on any atom is 0.240 e. The molecule has 0 bridgehead atoms. The van der Waals surface area contributed by atoms with Gasteiger partial charge in [-0.2, -0.15) is 0 Å². The number of anilines is 1. The van der Waals surface area contributed by atoms with E-state index in [9.17, 15) is 4.79 Å². The van der Waals surface area contributed by atoms with Crippen molar-refractivity contribution in [3.8, 4) is 44.6 Å². The predicted octanol–water partition coefficient (Wildman–Crippen LogP) is 9.80. The van der Waals surface area contributed by atoms with Gasteiger partial charge in [-0.15, -0.1) is 0 Å². The number of hydrogen-bond donors (Lipinski definition) is 1. The second kappa shape index (κ2) is 13.8. The average molecular weight is 630 g/mol. The first-order chi connectivity index (χ1) is 23.1. The van der Waals surface area contributed by atoms with E-state index in [1.165, 1.54) is 50.1 Å². The summed E-state index contributed by atoms with van der Waals surface area (Å²) in [7, 11) is 1.82. The molecule has 0 atom stereocenters. The van der Waals surface area contributed by atoms with E-state index in [1.54, 1.807) is 4.90 Å².